The lowest BCUT2D eigenvalue weighted by molar-refractivity contribution is -0.162. The van der Waals surface area contributed by atoms with Crippen molar-refractivity contribution in [2.75, 3.05) is 65.7 Å². The fraction of sp³-hybridized carbons (Fsp3) is 0.642. The average Bonchev–Trinajstić information content (AvgIpc) is 4.14. The van der Waals surface area contributed by atoms with E-state index in [2.05, 4.69) is 36.5 Å². The molecule has 0 aromatic heterocycles. The molecular weight excluding hydrogens is 875 g/mol. The second kappa shape index (κ2) is 21.4. The third-order valence-corrected chi connectivity index (χ3v) is 14.5. The summed E-state index contributed by atoms with van der Waals surface area (Å²) in [5.74, 6) is -4.01. The van der Waals surface area contributed by atoms with Gasteiger partial charge in [0.15, 0.2) is 5.70 Å². The molecule has 0 amide bonds. The first-order chi connectivity index (χ1) is 32.8. The highest BCUT2D eigenvalue weighted by Gasteiger charge is 2.49. The fourth-order valence-electron chi connectivity index (χ4n) is 11.0. The molecule has 0 spiro atoms. The third-order valence-electron chi connectivity index (χ3n) is 14.5. The van der Waals surface area contributed by atoms with Gasteiger partial charge in [-0.15, -0.1) is 0 Å². The maximum Gasteiger partial charge on any atom is 0.389 e. The van der Waals surface area contributed by atoms with E-state index in [1.54, 1.807) is 0 Å². The predicted molar refractivity (Wildman–Crippen MR) is 252 cm³/mol. The lowest BCUT2D eigenvalue weighted by atomic mass is 9.70. The molecule has 3 aliphatic heterocycles. The highest BCUT2D eigenvalue weighted by Crippen LogP contribution is 2.48. The van der Waals surface area contributed by atoms with Crippen LogP contribution in [0.15, 0.2) is 56.2 Å². The van der Waals surface area contributed by atoms with Crippen LogP contribution >= 0.6 is 0 Å². The number of aliphatic hydroxyl groups is 1. The highest BCUT2D eigenvalue weighted by atomic mass is 16.6. The van der Waals surface area contributed by atoms with Crippen LogP contribution in [0.1, 0.15) is 119 Å². The topological polar surface area (TPSA) is 213 Å². The minimum absolute atomic E-state index is 0.225. The maximum absolute atomic E-state index is 14.2. The van der Waals surface area contributed by atoms with Crippen LogP contribution in [0.3, 0.4) is 0 Å². The van der Waals surface area contributed by atoms with Crippen LogP contribution < -0.4 is 0 Å². The van der Waals surface area contributed by atoms with Crippen LogP contribution in [0.5, 0.6) is 0 Å². The largest absolute Gasteiger partial charge is 0.461 e. The van der Waals surface area contributed by atoms with Crippen molar-refractivity contribution in [3.05, 3.63) is 79.1 Å². The summed E-state index contributed by atoms with van der Waals surface area (Å²) in [7, 11) is 0. The van der Waals surface area contributed by atoms with E-state index >= 15 is 0 Å². The van der Waals surface area contributed by atoms with Crippen LogP contribution in [0.25, 0.3) is 9.69 Å². The molecule has 0 aromatic carbocycles. The van der Waals surface area contributed by atoms with Gasteiger partial charge in [0.2, 0.25) is 0 Å². The maximum atomic E-state index is 14.2. The quantitative estimate of drug-likeness (QED) is 0.0585. The van der Waals surface area contributed by atoms with Gasteiger partial charge in [0.25, 0.3) is 0 Å². The van der Waals surface area contributed by atoms with Crippen LogP contribution in [-0.2, 0) is 28.6 Å². The van der Waals surface area contributed by atoms with E-state index in [0.717, 1.165) is 94.9 Å². The summed E-state index contributed by atoms with van der Waals surface area (Å²) < 4.78 is 17.5. The van der Waals surface area contributed by atoms with E-state index in [4.69, 9.17) is 27.4 Å². The van der Waals surface area contributed by atoms with Gasteiger partial charge in [-0.1, -0.05) is 41.5 Å². The van der Waals surface area contributed by atoms with Gasteiger partial charge in [0.05, 0.1) is 35.7 Å². The van der Waals surface area contributed by atoms with Crippen LogP contribution in [0, 0.1) is 86.0 Å². The molecule has 2 atom stereocenters. The second-order valence-electron chi connectivity index (χ2n) is 22.0. The van der Waals surface area contributed by atoms with Gasteiger partial charge in [-0.05, 0) is 104 Å². The zero-order valence-electron chi connectivity index (χ0n) is 41.1. The predicted octanol–water partition coefficient (Wildman–Crippen LogP) is 7.57. The number of allylic oxidation sites excluding steroid dienone is 7. The smallest absolute Gasteiger partial charge is 0.389 e. The molecule has 3 aliphatic carbocycles. The van der Waals surface area contributed by atoms with Crippen molar-refractivity contribution in [2.24, 2.45) is 27.6 Å². The number of nitriles is 4. The Bertz CT molecular complexity index is 2390. The zero-order chi connectivity index (χ0) is 50.3. The first-order valence-electron chi connectivity index (χ1n) is 24.2. The minimum atomic E-state index is -1.91. The van der Waals surface area contributed by atoms with Crippen molar-refractivity contribution in [3.63, 3.8) is 0 Å². The van der Waals surface area contributed by atoms with E-state index in [-0.39, 0.29) is 40.5 Å². The van der Waals surface area contributed by atoms with Crippen LogP contribution in [-0.4, -0.2) is 109 Å². The summed E-state index contributed by atoms with van der Waals surface area (Å²) >= 11 is 0. The Labute approximate surface area is 407 Å². The molecule has 0 saturated carbocycles. The fourth-order valence-corrected chi connectivity index (χ4v) is 11.0. The number of ether oxygens (including phenoxy) is 3. The molecule has 3 fully saturated rings. The van der Waals surface area contributed by atoms with Gasteiger partial charge in [-0.25, -0.2) is 25.8 Å². The number of carbonyl (C=O) groups is 3. The van der Waals surface area contributed by atoms with Crippen molar-refractivity contribution >= 4 is 17.9 Å². The Morgan fingerprint density at radius 3 is 1.41 bits per heavy atom. The standard InChI is InChI=1S/C53H65N9O7/c1-50(2)21-35(38(27-54)42(24-50)60-15-9-10-16-60)40(29-56)47(64)67-32-53(31-63,33-68-48(65)41(30-57)36-22-51(3,4)25-43(39(36)28-55)61-17-11-12-18-61)34-69-49(66)46(59-8)37-23-52(5,6)26-44(45(37)58-7)62-19-13-14-20-62/h37,46,63H,9-26,31-34H2,1-6H3/b40-35+,41-36+. The molecule has 3 saturated heterocycles. The lowest BCUT2D eigenvalue weighted by Crippen LogP contribution is -2.45. The Morgan fingerprint density at radius 2 is 1.04 bits per heavy atom. The Kier molecular flexibility index (Phi) is 16.0. The molecule has 69 heavy (non-hydrogen) atoms. The molecule has 6 rings (SSSR count). The van der Waals surface area contributed by atoms with Gasteiger partial charge in [0, 0.05) is 56.4 Å². The number of esters is 3. The molecule has 0 aromatic rings. The number of carbonyl (C=O) groups excluding carboxylic acids is 3. The SMILES string of the molecule is [C-]#[N+]C1=C(N2CCCC2)CC(C)(C)CC1C([N+]#[C-])C(=O)OCC(CO)(COC(=O)/C(C#N)=C1\CC(C)(C)CC(N2CCCC2)=C1C#N)COC(=O)/C(C#N)=C1\CC(C)(C)CC(N2CCCC2)=C1C#N. The summed E-state index contributed by atoms with van der Waals surface area (Å²) in [4.78, 5) is 56.5. The molecule has 3 heterocycles. The first-order valence-corrected chi connectivity index (χ1v) is 24.2. The molecule has 6 aliphatic rings. The summed E-state index contributed by atoms with van der Waals surface area (Å²) in [5, 5.41) is 53.2. The summed E-state index contributed by atoms with van der Waals surface area (Å²) in [6.07, 6.45) is 8.26. The number of aliphatic hydroxyl groups excluding tert-OH is 1. The number of likely N-dealkylation sites (tertiary alicyclic amines) is 3. The van der Waals surface area contributed by atoms with Gasteiger partial charge in [0.1, 0.15) is 55.2 Å². The molecule has 0 radical (unpaired) electrons. The molecule has 2 unspecified atom stereocenters. The van der Waals surface area contributed by atoms with E-state index in [1.165, 1.54) is 0 Å². The second-order valence-corrected chi connectivity index (χ2v) is 22.0. The Morgan fingerprint density at radius 1 is 0.652 bits per heavy atom. The van der Waals surface area contributed by atoms with E-state index in [0.29, 0.717) is 31.4 Å². The van der Waals surface area contributed by atoms with Crippen molar-refractivity contribution < 1.29 is 33.7 Å². The molecule has 16 heteroatoms. The lowest BCUT2D eigenvalue weighted by Gasteiger charge is -2.39. The van der Waals surface area contributed by atoms with E-state index in [1.807, 2.05) is 53.7 Å². The highest BCUT2D eigenvalue weighted by molar-refractivity contribution is 5.96. The average molecular weight is 940 g/mol. The molecular formula is C53H65N9O7. The zero-order valence-corrected chi connectivity index (χ0v) is 41.1. The van der Waals surface area contributed by atoms with E-state index in [9.17, 15) is 40.5 Å². The summed E-state index contributed by atoms with van der Waals surface area (Å²) in [5.41, 5.74) is -0.293. The summed E-state index contributed by atoms with van der Waals surface area (Å²) in [6, 6.07) is 6.97. The van der Waals surface area contributed by atoms with Gasteiger partial charge in [-0.3, -0.25) is 0 Å². The normalized spacial score (nSPS) is 24.0. The number of rotatable bonds is 14. The molecule has 16 nitrogen and oxygen atoms in total. The molecule has 1 N–H and O–H groups in total. The number of hydrogen-bond donors (Lipinski definition) is 1. The van der Waals surface area contributed by atoms with Crippen molar-refractivity contribution in [1.29, 1.82) is 21.0 Å². The molecule has 0 bridgehead atoms. The number of hydrogen-bond acceptors (Lipinski definition) is 14. The van der Waals surface area contributed by atoms with Crippen molar-refractivity contribution in [1.82, 2.24) is 14.7 Å². The third kappa shape index (κ3) is 11.5. The van der Waals surface area contributed by atoms with Gasteiger partial charge < -0.3 is 38.9 Å². The van der Waals surface area contributed by atoms with Crippen molar-refractivity contribution in [3.8, 4) is 24.3 Å². The minimum Gasteiger partial charge on any atom is -0.461 e. The van der Waals surface area contributed by atoms with E-state index < -0.39 is 83.7 Å². The molecule has 364 valence electrons. The van der Waals surface area contributed by atoms with Crippen LogP contribution in [0.2, 0.25) is 0 Å². The first kappa shape index (κ1) is 51.8. The Hall–Kier alpha value is -6.59. The monoisotopic (exact) mass is 940 g/mol. The van der Waals surface area contributed by atoms with Crippen molar-refractivity contribution in [2.45, 2.75) is 125 Å². The van der Waals surface area contributed by atoms with Gasteiger partial charge >= 0.3 is 23.9 Å². The van der Waals surface area contributed by atoms with Crippen LogP contribution in [0.4, 0.5) is 0 Å². The summed E-state index contributed by atoms with van der Waals surface area (Å²) in [6.45, 7) is 29.7. The Balaban J connectivity index is 1.34. The van der Waals surface area contributed by atoms with Gasteiger partial charge in [-0.2, -0.15) is 21.0 Å². The number of nitrogens with zero attached hydrogens (tertiary/aromatic N) is 9.